The third kappa shape index (κ3) is 3.85. The van der Waals surface area contributed by atoms with E-state index in [4.69, 9.17) is 27.9 Å². The van der Waals surface area contributed by atoms with Crippen molar-refractivity contribution >= 4 is 74.5 Å². The molecular formula is C30H25BrCl2N2O6. The Morgan fingerprint density at radius 3 is 2.46 bits per heavy atom. The van der Waals surface area contributed by atoms with Crippen molar-refractivity contribution in [2.75, 3.05) is 17.5 Å². The summed E-state index contributed by atoms with van der Waals surface area (Å²) >= 11 is 17.6. The van der Waals surface area contributed by atoms with Crippen LogP contribution < -0.4 is 9.64 Å². The van der Waals surface area contributed by atoms with Gasteiger partial charge in [-0.25, -0.2) is 0 Å². The predicted octanol–water partition coefficient (Wildman–Crippen LogP) is 4.86. The van der Waals surface area contributed by atoms with Gasteiger partial charge in [-0.1, -0.05) is 64.0 Å². The number of ether oxygens (including phenoxy) is 1. The predicted molar refractivity (Wildman–Crippen MR) is 157 cm³/mol. The van der Waals surface area contributed by atoms with Gasteiger partial charge >= 0.3 is 0 Å². The summed E-state index contributed by atoms with van der Waals surface area (Å²) in [5.74, 6) is -4.54. The average Bonchev–Trinajstić information content (AvgIpc) is 3.31. The number of likely N-dealkylation sites (tertiary alicyclic amines) is 1. The van der Waals surface area contributed by atoms with Crippen LogP contribution >= 0.6 is 39.1 Å². The Morgan fingerprint density at radius 2 is 1.78 bits per heavy atom. The number of rotatable bonds is 5. The van der Waals surface area contributed by atoms with Crippen molar-refractivity contribution in [3.8, 4) is 11.5 Å². The molecule has 4 amide bonds. The highest BCUT2D eigenvalue weighted by Gasteiger charge is 2.75. The Kier molecular flexibility index (Phi) is 6.83. The lowest BCUT2D eigenvalue weighted by atomic mass is 9.57. The van der Waals surface area contributed by atoms with Crippen LogP contribution in [-0.4, -0.2) is 55.9 Å². The fraction of sp³-hybridized carbons (Fsp3) is 0.333. The Labute approximate surface area is 254 Å². The second kappa shape index (κ2) is 10.00. The number of phenolic OH excluding ortho intramolecular Hbond substituents is 1. The lowest BCUT2D eigenvalue weighted by Gasteiger charge is -2.49. The lowest BCUT2D eigenvalue weighted by molar-refractivity contribution is -0.138. The van der Waals surface area contributed by atoms with Gasteiger partial charge in [0.25, 0.3) is 11.8 Å². The highest BCUT2D eigenvalue weighted by Crippen LogP contribution is 2.63. The summed E-state index contributed by atoms with van der Waals surface area (Å²) in [6.45, 7) is 0. The quantitative estimate of drug-likeness (QED) is 0.213. The third-order valence-electron chi connectivity index (χ3n) is 8.77. The molecule has 0 radical (unpaired) electrons. The molecule has 2 aromatic carbocycles. The molecule has 0 unspecified atom stereocenters. The minimum Gasteiger partial charge on any atom is -0.504 e. The van der Waals surface area contributed by atoms with Crippen molar-refractivity contribution in [1.82, 2.24) is 4.90 Å². The maximum Gasteiger partial charge on any atom is 0.254 e. The first-order valence-electron chi connectivity index (χ1n) is 13.1. The number of fused-ring (bicyclic) bond motifs is 4. The van der Waals surface area contributed by atoms with Crippen LogP contribution in [0.5, 0.6) is 11.5 Å². The van der Waals surface area contributed by atoms with Gasteiger partial charge in [0.05, 0.1) is 30.1 Å². The molecule has 1 N–H and O–H groups in total. The summed E-state index contributed by atoms with van der Waals surface area (Å²) in [6.07, 6.45) is 5.53. The zero-order valence-electron chi connectivity index (χ0n) is 21.8. The minimum atomic E-state index is -1.86. The number of hydrogen-bond donors (Lipinski definition) is 1. The number of anilines is 1. The molecule has 2 aliphatic carbocycles. The SMILES string of the molecule is COc1cc(C=C[C@H]2C3=CC[C@@H]4C(=O)N(c5ccccc5)C(=O)[C@@H]4[C@@H]3C[C@@]3(Cl)C(=O)N(CBr)C(=O)[C@@]23Cl)ccc1O. The van der Waals surface area contributed by atoms with Gasteiger partial charge in [-0.2, -0.15) is 0 Å². The van der Waals surface area contributed by atoms with Gasteiger partial charge in [-0.15, -0.1) is 23.2 Å². The van der Waals surface area contributed by atoms with Gasteiger partial charge in [-0.3, -0.25) is 29.0 Å². The number of aromatic hydroxyl groups is 1. The summed E-state index contributed by atoms with van der Waals surface area (Å²) in [4.78, 5) is 53.3. The molecule has 4 aliphatic rings. The molecule has 41 heavy (non-hydrogen) atoms. The van der Waals surface area contributed by atoms with Gasteiger partial charge < -0.3 is 9.84 Å². The van der Waals surface area contributed by atoms with E-state index >= 15 is 0 Å². The smallest absolute Gasteiger partial charge is 0.254 e. The number of phenols is 1. The van der Waals surface area contributed by atoms with Crippen molar-refractivity contribution in [2.45, 2.75) is 22.6 Å². The van der Waals surface area contributed by atoms with Crippen molar-refractivity contribution < 1.29 is 29.0 Å². The highest BCUT2D eigenvalue weighted by molar-refractivity contribution is 9.09. The van der Waals surface area contributed by atoms with Gasteiger partial charge in [0, 0.05) is 5.92 Å². The summed E-state index contributed by atoms with van der Waals surface area (Å²) < 4.78 is 5.22. The van der Waals surface area contributed by atoms with Crippen LogP contribution in [-0.2, 0) is 19.2 Å². The number of amides is 4. The molecule has 0 spiro atoms. The molecule has 1 saturated carbocycles. The molecule has 6 rings (SSSR count). The van der Waals surface area contributed by atoms with E-state index in [1.165, 1.54) is 18.1 Å². The van der Waals surface area contributed by atoms with Gasteiger partial charge in [0.2, 0.25) is 11.8 Å². The van der Waals surface area contributed by atoms with Crippen LogP contribution in [0.2, 0.25) is 0 Å². The second-order valence-electron chi connectivity index (χ2n) is 10.7. The number of carbonyl (C=O) groups excluding carboxylic acids is 4. The number of methoxy groups -OCH3 is 1. The van der Waals surface area contributed by atoms with Crippen LogP contribution in [0.1, 0.15) is 18.4 Å². The Balaban J connectivity index is 1.47. The summed E-state index contributed by atoms with van der Waals surface area (Å²) in [7, 11) is 1.43. The van der Waals surface area contributed by atoms with E-state index in [9.17, 15) is 24.3 Å². The molecular weight excluding hydrogens is 635 g/mol. The molecule has 2 aromatic rings. The number of halogens is 3. The fourth-order valence-corrected chi connectivity index (χ4v) is 8.22. The molecule has 6 atom stereocenters. The van der Waals surface area contributed by atoms with Crippen molar-refractivity contribution in [1.29, 1.82) is 0 Å². The minimum absolute atomic E-state index is 0.0334. The summed E-state index contributed by atoms with van der Waals surface area (Å²) in [5.41, 5.74) is 1.74. The standard InChI is InChI=1S/C30H25BrCl2N2O6/c1-41-23-13-16(8-12-22(23)36)7-11-21-18-9-10-19-24(26(38)35(25(19)37)17-5-3-2-4-6-17)20(18)14-29(32)27(39)34(15-31)28(40)30(21,29)33/h2-9,11-13,19-21,24,36H,10,14-15H2,1H3/t19-,20+,21-,24-,29+,30-/m0/s1. The molecule has 0 aromatic heterocycles. The number of imide groups is 2. The molecule has 3 fully saturated rings. The van der Waals surface area contributed by atoms with Crippen molar-refractivity contribution in [2.24, 2.45) is 23.7 Å². The molecule has 2 aliphatic heterocycles. The number of allylic oxidation sites excluding steroid dienone is 3. The highest BCUT2D eigenvalue weighted by atomic mass is 79.9. The normalized spacial score (nSPS) is 32.7. The number of benzene rings is 2. The first-order chi connectivity index (χ1) is 19.6. The third-order valence-corrected chi connectivity index (χ3v) is 10.7. The number of hydrogen-bond acceptors (Lipinski definition) is 6. The number of para-hydroxylation sites is 1. The fourth-order valence-electron chi connectivity index (χ4n) is 6.84. The molecule has 2 saturated heterocycles. The Morgan fingerprint density at radius 1 is 1.05 bits per heavy atom. The molecule has 8 nitrogen and oxygen atoms in total. The van der Waals surface area contributed by atoms with Gasteiger partial charge in [0.1, 0.15) is 0 Å². The Hall–Kier alpha value is -3.14. The Bertz CT molecular complexity index is 1550. The molecule has 11 heteroatoms. The molecule has 0 bridgehead atoms. The van der Waals surface area contributed by atoms with E-state index in [1.54, 1.807) is 54.6 Å². The zero-order chi connectivity index (χ0) is 29.3. The van der Waals surface area contributed by atoms with Gasteiger partial charge in [-0.05, 0) is 48.6 Å². The number of alkyl halides is 3. The maximum atomic E-state index is 13.9. The summed E-state index contributed by atoms with van der Waals surface area (Å²) in [5, 5.41) is 10.0. The monoisotopic (exact) mass is 658 g/mol. The average molecular weight is 660 g/mol. The van der Waals surface area contributed by atoms with Crippen LogP contribution in [0.3, 0.4) is 0 Å². The van der Waals surface area contributed by atoms with E-state index in [0.29, 0.717) is 16.8 Å². The van der Waals surface area contributed by atoms with Crippen molar-refractivity contribution in [3.63, 3.8) is 0 Å². The first kappa shape index (κ1) is 28.0. The van der Waals surface area contributed by atoms with E-state index in [1.807, 2.05) is 6.08 Å². The maximum absolute atomic E-state index is 13.9. The van der Waals surface area contributed by atoms with Crippen LogP contribution in [0, 0.1) is 23.7 Å². The zero-order valence-corrected chi connectivity index (χ0v) is 24.9. The lowest BCUT2D eigenvalue weighted by Crippen LogP contribution is -2.60. The van der Waals surface area contributed by atoms with Crippen LogP contribution in [0.15, 0.2) is 66.3 Å². The largest absolute Gasteiger partial charge is 0.504 e. The van der Waals surface area contributed by atoms with Gasteiger partial charge in [0.15, 0.2) is 21.2 Å². The topological polar surface area (TPSA) is 104 Å². The van der Waals surface area contributed by atoms with E-state index in [0.717, 1.165) is 4.90 Å². The summed E-state index contributed by atoms with van der Waals surface area (Å²) in [6, 6.07) is 13.5. The van der Waals surface area contributed by atoms with Crippen LogP contribution in [0.25, 0.3) is 6.08 Å². The molecule has 2 heterocycles. The van der Waals surface area contributed by atoms with E-state index in [2.05, 4.69) is 15.9 Å². The second-order valence-corrected chi connectivity index (χ2v) is 12.4. The van der Waals surface area contributed by atoms with E-state index < -0.39 is 45.2 Å². The molecule has 212 valence electrons. The van der Waals surface area contributed by atoms with Crippen LogP contribution in [0.4, 0.5) is 5.69 Å². The number of carbonyl (C=O) groups is 4. The van der Waals surface area contributed by atoms with E-state index in [-0.39, 0.29) is 41.6 Å². The van der Waals surface area contributed by atoms with Crippen molar-refractivity contribution in [3.05, 3.63) is 71.8 Å². The number of nitrogens with zero attached hydrogens (tertiary/aromatic N) is 2. The first-order valence-corrected chi connectivity index (χ1v) is 14.9.